The van der Waals surface area contributed by atoms with Gasteiger partial charge in [-0.3, -0.25) is 8.59 Å². The van der Waals surface area contributed by atoms with Gasteiger partial charge in [-0.05, 0) is 45.6 Å². The van der Waals surface area contributed by atoms with E-state index in [1.165, 1.54) is 18.2 Å². The zero-order valence-corrected chi connectivity index (χ0v) is 17.0. The molecule has 0 N–H and O–H groups in total. The molecule has 1 rings (SSSR count). The molecule has 0 saturated carbocycles. The summed E-state index contributed by atoms with van der Waals surface area (Å²) in [5.74, 6) is -0.626. The van der Waals surface area contributed by atoms with Crippen LogP contribution in [-0.2, 0) is 23.3 Å². The van der Waals surface area contributed by atoms with Crippen molar-refractivity contribution in [3.05, 3.63) is 30.1 Å². The first-order chi connectivity index (χ1) is 10.6. The monoisotopic (exact) mass is 381 g/mol. The Bertz CT molecular complexity index is 688. The summed E-state index contributed by atoms with van der Waals surface area (Å²) in [7, 11) is -9.08. The first kappa shape index (κ1) is 20.5. The van der Waals surface area contributed by atoms with Crippen LogP contribution in [0.4, 0.5) is 4.39 Å². The van der Waals surface area contributed by atoms with Gasteiger partial charge in [0.25, 0.3) is 0 Å². The maximum atomic E-state index is 14.2. The molecule has 1 unspecified atom stereocenters. The third-order valence-electron chi connectivity index (χ3n) is 2.59. The Labute approximate surface area is 139 Å². The van der Waals surface area contributed by atoms with Gasteiger partial charge in [-0.2, -0.15) is 0 Å². The SMILES string of the molecule is CCOP(=O)(CS(=O)(=N[Si](C)(C)C)c1ccccc1F)OCC. The predicted octanol–water partition coefficient (Wildman–Crippen LogP) is 4.71. The molecule has 0 spiro atoms. The fourth-order valence-electron chi connectivity index (χ4n) is 2.01. The lowest BCUT2D eigenvalue weighted by Gasteiger charge is -2.22. The topological polar surface area (TPSA) is 65.0 Å². The minimum Gasteiger partial charge on any atom is -0.308 e. The second-order valence-corrected chi connectivity index (χ2v) is 15.5. The molecule has 5 nitrogen and oxygen atoms in total. The van der Waals surface area contributed by atoms with Gasteiger partial charge in [0, 0.05) is 0 Å². The summed E-state index contributed by atoms with van der Waals surface area (Å²) in [4.78, 5) is -0.0398. The average Bonchev–Trinajstić information content (AvgIpc) is 2.36. The maximum absolute atomic E-state index is 14.2. The molecule has 0 aliphatic rings. The number of nitrogens with zero attached hydrogens (tertiary/aromatic N) is 1. The van der Waals surface area contributed by atoms with E-state index < -0.39 is 36.9 Å². The van der Waals surface area contributed by atoms with Gasteiger partial charge < -0.3 is 9.05 Å². The normalized spacial score (nSPS) is 15.2. The van der Waals surface area contributed by atoms with E-state index in [2.05, 4.69) is 4.03 Å². The lowest BCUT2D eigenvalue weighted by atomic mass is 10.4. The molecule has 1 aromatic rings. The molecule has 0 aliphatic carbocycles. The average molecular weight is 381 g/mol. The Morgan fingerprint density at radius 2 is 1.70 bits per heavy atom. The van der Waals surface area contributed by atoms with Crippen LogP contribution < -0.4 is 0 Å². The van der Waals surface area contributed by atoms with E-state index >= 15 is 0 Å². The van der Waals surface area contributed by atoms with Crippen LogP contribution in [0.1, 0.15) is 13.8 Å². The molecule has 0 saturated heterocycles. The minimum atomic E-state index is -3.63. The number of benzene rings is 1. The van der Waals surface area contributed by atoms with Crippen LogP contribution >= 0.6 is 7.60 Å². The van der Waals surface area contributed by atoms with Crippen molar-refractivity contribution in [3.63, 3.8) is 0 Å². The summed E-state index contributed by atoms with van der Waals surface area (Å²) in [6.07, 6.45) is 0. The van der Waals surface area contributed by atoms with Crippen LogP contribution in [0.3, 0.4) is 0 Å². The van der Waals surface area contributed by atoms with Crippen molar-refractivity contribution in [2.24, 2.45) is 4.03 Å². The van der Waals surface area contributed by atoms with Crippen molar-refractivity contribution >= 4 is 25.6 Å². The molecule has 132 valence electrons. The number of hydrogen-bond donors (Lipinski definition) is 0. The van der Waals surface area contributed by atoms with E-state index in [-0.39, 0.29) is 18.1 Å². The standard InChI is InChI=1S/C14H25FNO4PSSi/c1-6-19-21(17,20-7-2)12-22(18,16-23(3,4)5)14-11-9-8-10-13(14)15/h8-11H,6-7,12H2,1-5H3. The van der Waals surface area contributed by atoms with Crippen molar-refractivity contribution in [2.45, 2.75) is 38.4 Å². The minimum absolute atomic E-state index is 0.0398. The summed E-state index contributed by atoms with van der Waals surface area (Å²) in [5.41, 5.74) is -0.438. The Morgan fingerprint density at radius 1 is 1.17 bits per heavy atom. The van der Waals surface area contributed by atoms with E-state index in [4.69, 9.17) is 9.05 Å². The van der Waals surface area contributed by atoms with Crippen LogP contribution in [0.25, 0.3) is 0 Å². The third-order valence-corrected chi connectivity index (χ3v) is 10.9. The van der Waals surface area contributed by atoms with Gasteiger partial charge in [-0.1, -0.05) is 12.1 Å². The Hall–Kier alpha value is -0.533. The van der Waals surface area contributed by atoms with Gasteiger partial charge in [0.05, 0.1) is 27.8 Å². The molecule has 1 atom stereocenters. The zero-order valence-electron chi connectivity index (χ0n) is 14.2. The second kappa shape index (κ2) is 8.03. The molecule has 0 fully saturated rings. The molecule has 1 aromatic carbocycles. The van der Waals surface area contributed by atoms with E-state index in [1.807, 2.05) is 19.6 Å². The number of rotatable bonds is 8. The van der Waals surface area contributed by atoms with Crippen LogP contribution in [0.15, 0.2) is 33.2 Å². The highest BCUT2D eigenvalue weighted by atomic mass is 32.2. The Balaban J connectivity index is 3.50. The first-order valence-corrected chi connectivity index (χ1v) is 14.3. The fraction of sp³-hybridized carbons (Fsp3) is 0.571. The lowest BCUT2D eigenvalue weighted by Crippen LogP contribution is -2.23. The predicted molar refractivity (Wildman–Crippen MR) is 94.3 cm³/mol. The van der Waals surface area contributed by atoms with Gasteiger partial charge in [0.1, 0.15) is 11.3 Å². The van der Waals surface area contributed by atoms with Crippen molar-refractivity contribution in [2.75, 3.05) is 18.7 Å². The molecule has 0 amide bonds. The second-order valence-electron chi connectivity index (χ2n) is 5.91. The summed E-state index contributed by atoms with van der Waals surface area (Å²) < 4.78 is 55.4. The molecule has 0 heterocycles. The summed E-state index contributed by atoms with van der Waals surface area (Å²) in [6, 6.07) is 5.74. The quantitative estimate of drug-likeness (QED) is 0.483. The highest BCUT2D eigenvalue weighted by Crippen LogP contribution is 2.51. The van der Waals surface area contributed by atoms with Crippen molar-refractivity contribution < 1.29 is 22.2 Å². The smallest absolute Gasteiger partial charge is 0.308 e. The van der Waals surface area contributed by atoms with Crippen molar-refractivity contribution in [1.82, 2.24) is 0 Å². The number of halogens is 1. The van der Waals surface area contributed by atoms with Crippen molar-refractivity contribution in [3.8, 4) is 0 Å². The fourth-order valence-corrected chi connectivity index (χ4v) is 11.1. The Kier molecular flexibility index (Phi) is 7.16. The maximum Gasteiger partial charge on any atom is 0.344 e. The van der Waals surface area contributed by atoms with Crippen LogP contribution in [0.5, 0.6) is 0 Å². The molecule has 0 bridgehead atoms. The Morgan fingerprint density at radius 3 is 2.13 bits per heavy atom. The van der Waals surface area contributed by atoms with Gasteiger partial charge >= 0.3 is 7.60 Å². The van der Waals surface area contributed by atoms with Gasteiger partial charge in [0.2, 0.25) is 0 Å². The van der Waals surface area contributed by atoms with Gasteiger partial charge in [0.15, 0.2) is 8.24 Å². The molecular formula is C14H25FNO4PSSi. The van der Waals surface area contributed by atoms with Gasteiger partial charge in [-0.25, -0.2) is 8.60 Å². The third kappa shape index (κ3) is 6.12. The lowest BCUT2D eigenvalue weighted by molar-refractivity contribution is 0.224. The van der Waals surface area contributed by atoms with Crippen molar-refractivity contribution in [1.29, 1.82) is 0 Å². The van der Waals surface area contributed by atoms with Crippen LogP contribution in [0, 0.1) is 5.82 Å². The van der Waals surface area contributed by atoms with Gasteiger partial charge in [-0.15, -0.1) is 0 Å². The highest BCUT2D eigenvalue weighted by Gasteiger charge is 2.34. The highest BCUT2D eigenvalue weighted by molar-refractivity contribution is 8.00. The summed E-state index contributed by atoms with van der Waals surface area (Å²) in [6.45, 7) is 9.31. The molecule has 9 heteroatoms. The van der Waals surface area contributed by atoms with E-state index in [0.717, 1.165) is 0 Å². The molecule has 23 heavy (non-hydrogen) atoms. The molecular weight excluding hydrogens is 356 g/mol. The molecule has 0 aliphatic heterocycles. The van der Waals surface area contributed by atoms with E-state index in [1.54, 1.807) is 19.9 Å². The van der Waals surface area contributed by atoms with E-state index in [9.17, 15) is 13.2 Å². The molecule has 0 aromatic heterocycles. The largest absolute Gasteiger partial charge is 0.344 e. The number of hydrogen-bond acceptors (Lipinski definition) is 5. The van der Waals surface area contributed by atoms with Crippen LogP contribution in [-0.4, -0.2) is 31.2 Å². The zero-order chi connectivity index (χ0) is 17.7. The summed E-state index contributed by atoms with van der Waals surface area (Å²) >= 11 is 0. The summed E-state index contributed by atoms with van der Waals surface area (Å²) in [5, 5.41) is 0. The molecule has 0 radical (unpaired) electrons. The first-order valence-electron chi connectivity index (χ1n) is 7.44. The van der Waals surface area contributed by atoms with E-state index in [0.29, 0.717) is 0 Å². The van der Waals surface area contributed by atoms with Crippen LogP contribution in [0.2, 0.25) is 19.6 Å².